The molecular formula is C19H20ClNO5. The third kappa shape index (κ3) is 5.39. The summed E-state index contributed by atoms with van der Waals surface area (Å²) in [6.07, 6.45) is -0.0322. The van der Waals surface area contributed by atoms with Crippen molar-refractivity contribution in [3.8, 4) is 11.5 Å². The van der Waals surface area contributed by atoms with Gasteiger partial charge in [-0.15, -0.1) is 0 Å². The van der Waals surface area contributed by atoms with Crippen molar-refractivity contribution in [3.05, 3.63) is 53.1 Å². The Labute approximate surface area is 157 Å². The molecule has 2 aromatic rings. The lowest BCUT2D eigenvalue weighted by molar-refractivity contribution is -0.119. The van der Waals surface area contributed by atoms with Crippen molar-refractivity contribution in [2.24, 2.45) is 0 Å². The predicted molar refractivity (Wildman–Crippen MR) is 99.1 cm³/mol. The lowest BCUT2D eigenvalue weighted by Crippen LogP contribution is -2.21. The van der Waals surface area contributed by atoms with Gasteiger partial charge in [0.05, 0.1) is 29.5 Å². The van der Waals surface area contributed by atoms with Gasteiger partial charge in [-0.2, -0.15) is 0 Å². The molecule has 1 N–H and O–H groups in total. The van der Waals surface area contributed by atoms with Crippen LogP contribution in [0.1, 0.15) is 24.2 Å². The predicted octanol–water partition coefficient (Wildman–Crippen LogP) is 3.93. The minimum Gasteiger partial charge on any atom is -0.493 e. The molecule has 0 aliphatic heterocycles. The van der Waals surface area contributed by atoms with Gasteiger partial charge >= 0.3 is 5.97 Å². The largest absolute Gasteiger partial charge is 0.493 e. The molecule has 2 aromatic carbocycles. The van der Waals surface area contributed by atoms with E-state index >= 15 is 0 Å². The van der Waals surface area contributed by atoms with E-state index in [2.05, 4.69) is 5.32 Å². The number of para-hydroxylation sites is 1. The number of halogens is 1. The Morgan fingerprint density at radius 1 is 1.12 bits per heavy atom. The third-order valence-electron chi connectivity index (χ3n) is 3.24. The molecule has 0 aromatic heterocycles. The first kappa shape index (κ1) is 19.6. The summed E-state index contributed by atoms with van der Waals surface area (Å²) in [7, 11) is 1.48. The van der Waals surface area contributed by atoms with E-state index in [-0.39, 0.29) is 11.7 Å². The Kier molecular flexibility index (Phi) is 6.86. The normalized spacial score (nSPS) is 10.3. The number of ether oxygens (including phenoxy) is 3. The molecule has 0 unspecified atom stereocenters. The number of hydrogen-bond donors (Lipinski definition) is 1. The average molecular weight is 378 g/mol. The van der Waals surface area contributed by atoms with Crippen molar-refractivity contribution in [2.75, 3.05) is 19.0 Å². The lowest BCUT2D eigenvalue weighted by Gasteiger charge is -2.14. The van der Waals surface area contributed by atoms with E-state index in [0.717, 1.165) is 0 Å². The van der Waals surface area contributed by atoms with Crippen molar-refractivity contribution < 1.29 is 23.8 Å². The topological polar surface area (TPSA) is 73.9 Å². The highest BCUT2D eigenvalue weighted by Crippen LogP contribution is 2.29. The summed E-state index contributed by atoms with van der Waals surface area (Å²) in [6.45, 7) is 3.34. The molecule has 0 bridgehead atoms. The van der Waals surface area contributed by atoms with Crippen LogP contribution in [-0.2, 0) is 9.53 Å². The number of esters is 1. The Morgan fingerprint density at radius 3 is 2.50 bits per heavy atom. The minimum absolute atomic E-state index is 0.0322. The molecule has 0 heterocycles. The van der Waals surface area contributed by atoms with Crippen LogP contribution in [0, 0.1) is 0 Å². The van der Waals surface area contributed by atoms with Gasteiger partial charge in [0.1, 0.15) is 0 Å². The molecule has 26 heavy (non-hydrogen) atoms. The summed E-state index contributed by atoms with van der Waals surface area (Å²) in [4.78, 5) is 24.1. The zero-order valence-corrected chi connectivity index (χ0v) is 15.5. The van der Waals surface area contributed by atoms with Gasteiger partial charge in [0.15, 0.2) is 18.1 Å². The fraction of sp³-hybridized carbons (Fsp3) is 0.263. The van der Waals surface area contributed by atoms with Gasteiger partial charge in [0.2, 0.25) is 0 Å². The number of nitrogens with one attached hydrogen (secondary N) is 1. The number of amides is 1. The van der Waals surface area contributed by atoms with Crippen LogP contribution in [-0.4, -0.2) is 31.7 Å². The molecule has 1 amide bonds. The summed E-state index contributed by atoms with van der Waals surface area (Å²) in [5.74, 6) is -0.198. The van der Waals surface area contributed by atoms with Gasteiger partial charge < -0.3 is 19.5 Å². The Bertz CT molecular complexity index is 791. The van der Waals surface area contributed by atoms with Crippen LogP contribution in [0.2, 0.25) is 5.02 Å². The molecule has 0 spiro atoms. The fourth-order valence-electron chi connectivity index (χ4n) is 2.11. The van der Waals surface area contributed by atoms with E-state index in [4.69, 9.17) is 25.8 Å². The molecule has 0 radical (unpaired) electrons. The number of benzene rings is 2. The molecule has 2 rings (SSSR count). The van der Waals surface area contributed by atoms with Crippen molar-refractivity contribution >= 4 is 29.2 Å². The second kappa shape index (κ2) is 9.10. The first-order valence-corrected chi connectivity index (χ1v) is 8.34. The van der Waals surface area contributed by atoms with Crippen molar-refractivity contribution in [1.29, 1.82) is 0 Å². The SMILES string of the molecule is COc1cc(C(=O)OCC(=O)Nc2ccccc2Cl)ccc1OC(C)C. The van der Waals surface area contributed by atoms with Gasteiger partial charge in [-0.25, -0.2) is 4.79 Å². The van der Waals surface area contributed by atoms with Crippen LogP contribution < -0.4 is 14.8 Å². The molecular weight excluding hydrogens is 358 g/mol. The van der Waals surface area contributed by atoms with Gasteiger partial charge in [-0.3, -0.25) is 4.79 Å². The second-order valence-electron chi connectivity index (χ2n) is 5.64. The highest BCUT2D eigenvalue weighted by molar-refractivity contribution is 6.33. The summed E-state index contributed by atoms with van der Waals surface area (Å²) >= 11 is 5.96. The Hall–Kier alpha value is -2.73. The second-order valence-corrected chi connectivity index (χ2v) is 6.04. The molecule has 0 saturated carbocycles. The number of methoxy groups -OCH3 is 1. The molecule has 0 aliphatic rings. The van der Waals surface area contributed by atoms with Gasteiger partial charge in [0, 0.05) is 0 Å². The average Bonchev–Trinajstić information content (AvgIpc) is 2.61. The highest BCUT2D eigenvalue weighted by Gasteiger charge is 2.15. The molecule has 0 saturated heterocycles. The minimum atomic E-state index is -0.645. The van der Waals surface area contributed by atoms with Gasteiger partial charge in [-0.1, -0.05) is 23.7 Å². The van der Waals surface area contributed by atoms with Crippen molar-refractivity contribution in [2.45, 2.75) is 20.0 Å². The van der Waals surface area contributed by atoms with E-state index in [9.17, 15) is 9.59 Å². The first-order chi connectivity index (χ1) is 12.4. The van der Waals surface area contributed by atoms with Crippen LogP contribution in [0.3, 0.4) is 0 Å². The zero-order valence-electron chi connectivity index (χ0n) is 14.7. The van der Waals surface area contributed by atoms with Crippen LogP contribution >= 0.6 is 11.6 Å². The van der Waals surface area contributed by atoms with E-state index in [1.165, 1.54) is 13.2 Å². The van der Waals surface area contributed by atoms with Crippen LogP contribution in [0.15, 0.2) is 42.5 Å². The first-order valence-electron chi connectivity index (χ1n) is 7.97. The maximum Gasteiger partial charge on any atom is 0.338 e. The molecule has 7 heteroatoms. The number of anilines is 1. The number of carbonyl (C=O) groups excluding carboxylic acids is 2. The molecule has 0 atom stereocenters. The standard InChI is InChI=1S/C19H20ClNO5/c1-12(2)26-16-9-8-13(10-17(16)24-3)19(23)25-11-18(22)21-15-7-5-4-6-14(15)20/h4-10,12H,11H2,1-3H3,(H,21,22). The van der Waals surface area contributed by atoms with Crippen molar-refractivity contribution in [1.82, 2.24) is 0 Å². The van der Waals surface area contributed by atoms with E-state index in [1.54, 1.807) is 36.4 Å². The quantitative estimate of drug-likeness (QED) is 0.740. The summed E-state index contributed by atoms with van der Waals surface area (Å²) < 4.78 is 15.9. The number of hydrogen-bond acceptors (Lipinski definition) is 5. The number of carbonyl (C=O) groups is 2. The summed E-state index contributed by atoms with van der Waals surface area (Å²) in [5, 5.41) is 2.98. The third-order valence-corrected chi connectivity index (χ3v) is 3.57. The summed E-state index contributed by atoms with van der Waals surface area (Å²) in [5.41, 5.74) is 0.704. The Morgan fingerprint density at radius 2 is 1.85 bits per heavy atom. The fourth-order valence-corrected chi connectivity index (χ4v) is 2.29. The van der Waals surface area contributed by atoms with Crippen LogP contribution in [0.5, 0.6) is 11.5 Å². The van der Waals surface area contributed by atoms with Crippen LogP contribution in [0.4, 0.5) is 5.69 Å². The highest BCUT2D eigenvalue weighted by atomic mass is 35.5. The van der Waals surface area contributed by atoms with E-state index < -0.39 is 18.5 Å². The molecule has 0 fully saturated rings. The van der Waals surface area contributed by atoms with Gasteiger partial charge in [0.25, 0.3) is 5.91 Å². The lowest BCUT2D eigenvalue weighted by atomic mass is 10.2. The molecule has 0 aliphatic carbocycles. The Balaban J connectivity index is 1.97. The van der Waals surface area contributed by atoms with Crippen LogP contribution in [0.25, 0.3) is 0 Å². The molecule has 6 nitrogen and oxygen atoms in total. The van der Waals surface area contributed by atoms with E-state index in [0.29, 0.717) is 22.2 Å². The van der Waals surface area contributed by atoms with E-state index in [1.807, 2.05) is 13.8 Å². The molecule has 138 valence electrons. The van der Waals surface area contributed by atoms with Gasteiger partial charge in [-0.05, 0) is 44.2 Å². The zero-order chi connectivity index (χ0) is 19.1. The maximum absolute atomic E-state index is 12.1. The number of rotatable bonds is 7. The van der Waals surface area contributed by atoms with Crippen molar-refractivity contribution in [3.63, 3.8) is 0 Å². The maximum atomic E-state index is 12.1. The summed E-state index contributed by atoms with van der Waals surface area (Å²) in [6, 6.07) is 11.5. The smallest absolute Gasteiger partial charge is 0.338 e. The monoisotopic (exact) mass is 377 g/mol.